The van der Waals surface area contributed by atoms with Gasteiger partial charge in [0.1, 0.15) is 0 Å². The van der Waals surface area contributed by atoms with E-state index in [9.17, 15) is 0 Å². The maximum absolute atomic E-state index is 2.74. The Bertz CT molecular complexity index is 217. The third-order valence-corrected chi connectivity index (χ3v) is 3.93. The lowest BCUT2D eigenvalue weighted by atomic mass is 9.85. The minimum atomic E-state index is 0.572. The van der Waals surface area contributed by atoms with E-state index in [0.717, 1.165) is 12.0 Å². The molecule has 0 aromatic carbocycles. The highest BCUT2D eigenvalue weighted by Gasteiger charge is 2.50. The summed E-state index contributed by atoms with van der Waals surface area (Å²) in [7, 11) is 0. The predicted octanol–water partition coefficient (Wildman–Crippen LogP) is 2.20. The largest absolute Gasteiger partial charge is 0.299 e. The first-order chi connectivity index (χ1) is 7.03. The van der Waals surface area contributed by atoms with Crippen molar-refractivity contribution >= 4 is 0 Å². The lowest BCUT2D eigenvalue weighted by Gasteiger charge is -2.54. The van der Waals surface area contributed by atoms with E-state index in [1.54, 1.807) is 0 Å². The Labute approximate surface area is 94.6 Å². The van der Waals surface area contributed by atoms with Crippen LogP contribution in [0.2, 0.25) is 0 Å². The summed E-state index contributed by atoms with van der Waals surface area (Å²) in [5.41, 5.74) is 0.572. The Morgan fingerprint density at radius 2 is 1.80 bits per heavy atom. The van der Waals surface area contributed by atoms with Crippen molar-refractivity contribution in [3.05, 3.63) is 0 Å². The summed E-state index contributed by atoms with van der Waals surface area (Å²) in [4.78, 5) is 5.37. The molecule has 2 aliphatic rings. The van der Waals surface area contributed by atoms with Gasteiger partial charge in [0, 0.05) is 31.2 Å². The van der Waals surface area contributed by atoms with Gasteiger partial charge >= 0.3 is 0 Å². The molecule has 2 aliphatic heterocycles. The molecule has 2 rings (SSSR count). The molecule has 0 unspecified atom stereocenters. The van der Waals surface area contributed by atoms with Crippen LogP contribution in [0.1, 0.15) is 40.5 Å². The average molecular weight is 210 g/mol. The molecule has 0 atom stereocenters. The van der Waals surface area contributed by atoms with E-state index >= 15 is 0 Å². The first-order valence-electron chi connectivity index (χ1n) is 6.53. The fourth-order valence-corrected chi connectivity index (χ4v) is 3.54. The van der Waals surface area contributed by atoms with Crippen LogP contribution in [0.25, 0.3) is 0 Å². The number of hydrogen-bond acceptors (Lipinski definition) is 2. The number of likely N-dealkylation sites (tertiary alicyclic amines) is 2. The average Bonchev–Trinajstić information content (AvgIpc) is 2.46. The van der Waals surface area contributed by atoms with E-state index in [1.807, 2.05) is 0 Å². The molecular formula is C13H26N2. The molecule has 15 heavy (non-hydrogen) atoms. The van der Waals surface area contributed by atoms with Crippen LogP contribution in [0.3, 0.4) is 0 Å². The van der Waals surface area contributed by atoms with Crippen LogP contribution in [-0.4, -0.2) is 47.6 Å². The molecule has 2 heterocycles. The van der Waals surface area contributed by atoms with Crippen molar-refractivity contribution in [2.45, 2.75) is 52.1 Å². The Hall–Kier alpha value is -0.0800. The summed E-state index contributed by atoms with van der Waals surface area (Å²) in [5.74, 6) is 0.816. The minimum Gasteiger partial charge on any atom is -0.299 e. The zero-order valence-electron chi connectivity index (χ0n) is 10.8. The molecule has 0 radical (unpaired) electrons. The first-order valence-corrected chi connectivity index (χ1v) is 6.53. The van der Waals surface area contributed by atoms with Crippen molar-refractivity contribution in [1.29, 1.82) is 0 Å². The summed E-state index contributed by atoms with van der Waals surface area (Å²) in [6.45, 7) is 14.6. The first kappa shape index (κ1) is 11.4. The van der Waals surface area contributed by atoms with Crippen molar-refractivity contribution < 1.29 is 0 Å². The molecule has 2 fully saturated rings. The van der Waals surface area contributed by atoms with Crippen molar-refractivity contribution in [1.82, 2.24) is 9.80 Å². The summed E-state index contributed by atoms with van der Waals surface area (Å²) >= 11 is 0. The summed E-state index contributed by atoms with van der Waals surface area (Å²) < 4.78 is 0. The van der Waals surface area contributed by atoms with E-state index < -0.39 is 0 Å². The predicted molar refractivity (Wildman–Crippen MR) is 65.1 cm³/mol. The fourth-order valence-electron chi connectivity index (χ4n) is 3.54. The number of nitrogens with zero attached hydrogens (tertiary/aromatic N) is 2. The molecule has 2 nitrogen and oxygen atoms in total. The van der Waals surface area contributed by atoms with Crippen molar-refractivity contribution in [2.24, 2.45) is 5.92 Å². The SMILES string of the molecule is CC(C)CN1CC2(CCCN2C(C)C)C1. The topological polar surface area (TPSA) is 6.48 Å². The highest BCUT2D eigenvalue weighted by atomic mass is 15.4. The zero-order chi connectivity index (χ0) is 11.1. The summed E-state index contributed by atoms with van der Waals surface area (Å²) in [6.07, 6.45) is 2.84. The van der Waals surface area contributed by atoms with Gasteiger partial charge in [0.25, 0.3) is 0 Å². The fraction of sp³-hybridized carbons (Fsp3) is 1.00. The van der Waals surface area contributed by atoms with Crippen molar-refractivity contribution in [2.75, 3.05) is 26.2 Å². The maximum Gasteiger partial charge on any atom is 0.0466 e. The third-order valence-electron chi connectivity index (χ3n) is 3.93. The third kappa shape index (κ3) is 2.07. The van der Waals surface area contributed by atoms with Crippen LogP contribution in [0.15, 0.2) is 0 Å². The Kier molecular flexibility index (Phi) is 3.09. The molecule has 0 N–H and O–H groups in total. The second-order valence-electron chi connectivity index (χ2n) is 6.18. The second kappa shape index (κ2) is 4.06. The van der Waals surface area contributed by atoms with E-state index in [4.69, 9.17) is 0 Å². The van der Waals surface area contributed by atoms with E-state index in [0.29, 0.717) is 5.54 Å². The van der Waals surface area contributed by atoms with Crippen LogP contribution in [0.4, 0.5) is 0 Å². The normalized spacial score (nSPS) is 26.8. The highest BCUT2D eigenvalue weighted by Crippen LogP contribution is 2.38. The van der Waals surface area contributed by atoms with Gasteiger partial charge < -0.3 is 0 Å². The standard InChI is InChI=1S/C13H26N2/c1-11(2)8-14-9-13(10-14)6-5-7-15(13)12(3)4/h11-12H,5-10H2,1-4H3. The van der Waals surface area contributed by atoms with E-state index in [2.05, 4.69) is 37.5 Å². The molecular weight excluding hydrogens is 184 g/mol. The van der Waals surface area contributed by atoms with Gasteiger partial charge in [0.05, 0.1) is 0 Å². The lowest BCUT2D eigenvalue weighted by molar-refractivity contribution is -0.0481. The zero-order valence-corrected chi connectivity index (χ0v) is 10.8. The van der Waals surface area contributed by atoms with Crippen LogP contribution in [0, 0.1) is 5.92 Å². The Morgan fingerprint density at radius 1 is 1.13 bits per heavy atom. The molecule has 2 heteroatoms. The van der Waals surface area contributed by atoms with Crippen molar-refractivity contribution in [3.63, 3.8) is 0 Å². The minimum absolute atomic E-state index is 0.572. The molecule has 0 bridgehead atoms. The quantitative estimate of drug-likeness (QED) is 0.704. The smallest absolute Gasteiger partial charge is 0.0466 e. The summed E-state index contributed by atoms with van der Waals surface area (Å²) in [5, 5.41) is 0. The highest BCUT2D eigenvalue weighted by molar-refractivity contribution is 5.08. The molecule has 0 saturated carbocycles. The Morgan fingerprint density at radius 3 is 2.33 bits per heavy atom. The molecule has 0 aromatic rings. The monoisotopic (exact) mass is 210 g/mol. The summed E-state index contributed by atoms with van der Waals surface area (Å²) in [6, 6.07) is 0.730. The second-order valence-corrected chi connectivity index (χ2v) is 6.18. The molecule has 1 spiro atoms. The van der Waals surface area contributed by atoms with Gasteiger partial charge in [-0.2, -0.15) is 0 Å². The van der Waals surface area contributed by atoms with Gasteiger partial charge in [0.2, 0.25) is 0 Å². The maximum atomic E-state index is 2.74. The molecule has 0 aliphatic carbocycles. The van der Waals surface area contributed by atoms with Gasteiger partial charge in [-0.05, 0) is 39.2 Å². The van der Waals surface area contributed by atoms with Crippen LogP contribution in [-0.2, 0) is 0 Å². The molecule has 0 amide bonds. The van der Waals surface area contributed by atoms with Crippen molar-refractivity contribution in [3.8, 4) is 0 Å². The molecule has 0 aromatic heterocycles. The Balaban J connectivity index is 1.89. The van der Waals surface area contributed by atoms with Crippen LogP contribution in [0.5, 0.6) is 0 Å². The molecule has 2 saturated heterocycles. The van der Waals surface area contributed by atoms with Gasteiger partial charge in [0.15, 0.2) is 0 Å². The van der Waals surface area contributed by atoms with Gasteiger partial charge in [-0.1, -0.05) is 13.8 Å². The lowest BCUT2D eigenvalue weighted by Crippen LogP contribution is -2.69. The molecule has 88 valence electrons. The number of hydrogen-bond donors (Lipinski definition) is 0. The van der Waals surface area contributed by atoms with Crippen LogP contribution < -0.4 is 0 Å². The van der Waals surface area contributed by atoms with Gasteiger partial charge in [-0.3, -0.25) is 9.80 Å². The van der Waals surface area contributed by atoms with E-state index in [-0.39, 0.29) is 0 Å². The van der Waals surface area contributed by atoms with Gasteiger partial charge in [-0.15, -0.1) is 0 Å². The number of rotatable bonds is 3. The van der Waals surface area contributed by atoms with Gasteiger partial charge in [-0.25, -0.2) is 0 Å². The van der Waals surface area contributed by atoms with Crippen LogP contribution >= 0.6 is 0 Å². The van der Waals surface area contributed by atoms with E-state index in [1.165, 1.54) is 39.0 Å².